The molecule has 1 heterocycles. The quantitative estimate of drug-likeness (QED) is 0.320. The molecule has 0 spiro atoms. The van der Waals surface area contributed by atoms with Crippen LogP contribution in [0.1, 0.15) is 59.3 Å². The molecule has 30 heavy (non-hydrogen) atoms. The molecule has 0 aromatic heterocycles. The summed E-state index contributed by atoms with van der Waals surface area (Å²) in [4.78, 5) is 32.5. The van der Waals surface area contributed by atoms with Gasteiger partial charge in [0.2, 0.25) is 5.91 Å². The molecular formula is C21H40IN5O3. The van der Waals surface area contributed by atoms with Gasteiger partial charge in [-0.2, -0.15) is 0 Å². The van der Waals surface area contributed by atoms with Crippen LogP contribution in [0.25, 0.3) is 0 Å². The first-order valence-electron chi connectivity index (χ1n) is 10.9. The van der Waals surface area contributed by atoms with Gasteiger partial charge in [0.1, 0.15) is 5.60 Å². The lowest BCUT2D eigenvalue weighted by atomic mass is 9.88. The lowest BCUT2D eigenvalue weighted by Gasteiger charge is -2.26. The fourth-order valence-corrected chi connectivity index (χ4v) is 3.85. The number of carbonyl (C=O) groups excluding carboxylic acids is 2. The third-order valence-electron chi connectivity index (χ3n) is 5.46. The van der Waals surface area contributed by atoms with E-state index in [2.05, 4.69) is 15.6 Å². The van der Waals surface area contributed by atoms with E-state index in [-0.39, 0.29) is 42.0 Å². The molecule has 0 bridgehead atoms. The summed E-state index contributed by atoms with van der Waals surface area (Å²) in [7, 11) is 3.45. The van der Waals surface area contributed by atoms with Gasteiger partial charge in [0.05, 0.1) is 0 Å². The van der Waals surface area contributed by atoms with Crippen molar-refractivity contribution in [1.29, 1.82) is 0 Å². The van der Waals surface area contributed by atoms with E-state index in [4.69, 9.17) is 4.74 Å². The molecule has 2 aliphatic rings. The first-order chi connectivity index (χ1) is 13.7. The van der Waals surface area contributed by atoms with Crippen LogP contribution in [-0.2, 0) is 9.53 Å². The Kier molecular flexibility index (Phi) is 11.2. The molecule has 1 saturated heterocycles. The first-order valence-corrected chi connectivity index (χ1v) is 10.9. The van der Waals surface area contributed by atoms with Crippen molar-refractivity contribution >= 4 is 41.9 Å². The molecule has 1 atom stereocenters. The number of carbonyl (C=O) groups is 2. The number of likely N-dealkylation sites (N-methyl/N-ethyl adjacent to an activating group) is 1. The lowest BCUT2D eigenvalue weighted by Crippen LogP contribution is -2.47. The lowest BCUT2D eigenvalue weighted by molar-refractivity contribution is -0.135. The van der Waals surface area contributed by atoms with E-state index in [9.17, 15) is 9.59 Å². The van der Waals surface area contributed by atoms with Crippen LogP contribution in [0.2, 0.25) is 0 Å². The van der Waals surface area contributed by atoms with Gasteiger partial charge >= 0.3 is 6.09 Å². The van der Waals surface area contributed by atoms with Crippen LogP contribution < -0.4 is 10.6 Å². The van der Waals surface area contributed by atoms with Crippen LogP contribution in [-0.4, -0.2) is 79.7 Å². The summed E-state index contributed by atoms with van der Waals surface area (Å²) >= 11 is 0. The van der Waals surface area contributed by atoms with Gasteiger partial charge in [-0.15, -0.1) is 24.0 Å². The summed E-state index contributed by atoms with van der Waals surface area (Å²) < 4.78 is 5.35. The standard InChI is InChI=1S/C21H39N5O3.HI/c1-21(2,3)29-20(28)25(5)14-12-23-19(22-4)24-17-11-13-26(15-17)18(27)16-9-7-6-8-10-16;/h16-17H,6-15H2,1-5H3,(H2,22,23,24);1H. The number of likely N-dealkylation sites (tertiary alicyclic amines) is 1. The number of nitrogens with zero attached hydrogens (tertiary/aromatic N) is 3. The zero-order valence-electron chi connectivity index (χ0n) is 19.2. The highest BCUT2D eigenvalue weighted by atomic mass is 127. The average molecular weight is 537 g/mol. The van der Waals surface area contributed by atoms with E-state index in [0.717, 1.165) is 32.4 Å². The number of halogens is 1. The minimum absolute atomic E-state index is 0. The Morgan fingerprint density at radius 2 is 1.83 bits per heavy atom. The number of amides is 2. The van der Waals surface area contributed by atoms with Gasteiger partial charge in [-0.05, 0) is 40.0 Å². The second-order valence-corrected chi connectivity index (χ2v) is 9.15. The third kappa shape index (κ3) is 8.85. The minimum Gasteiger partial charge on any atom is -0.444 e. The van der Waals surface area contributed by atoms with Crippen molar-refractivity contribution in [2.45, 2.75) is 70.9 Å². The van der Waals surface area contributed by atoms with Crippen LogP contribution in [0.5, 0.6) is 0 Å². The van der Waals surface area contributed by atoms with Crippen LogP contribution in [0.15, 0.2) is 4.99 Å². The SMILES string of the molecule is CN=C(NCCN(C)C(=O)OC(C)(C)C)NC1CCN(C(=O)C2CCCCC2)C1.I. The Bertz CT molecular complexity index is 588. The summed E-state index contributed by atoms with van der Waals surface area (Å²) in [5.74, 6) is 1.25. The fourth-order valence-electron chi connectivity index (χ4n) is 3.85. The highest BCUT2D eigenvalue weighted by Gasteiger charge is 2.31. The molecule has 2 N–H and O–H groups in total. The Labute approximate surface area is 198 Å². The Morgan fingerprint density at radius 1 is 1.17 bits per heavy atom. The zero-order chi connectivity index (χ0) is 21.4. The monoisotopic (exact) mass is 537 g/mol. The molecule has 9 heteroatoms. The summed E-state index contributed by atoms with van der Waals surface area (Å²) in [5.41, 5.74) is -0.500. The van der Waals surface area contributed by atoms with Crippen LogP contribution in [0.3, 0.4) is 0 Å². The third-order valence-corrected chi connectivity index (χ3v) is 5.46. The van der Waals surface area contributed by atoms with Gasteiger partial charge in [0.25, 0.3) is 0 Å². The number of rotatable bonds is 5. The van der Waals surface area contributed by atoms with E-state index in [1.165, 1.54) is 19.3 Å². The predicted octanol–water partition coefficient (Wildman–Crippen LogP) is 2.82. The Hall–Kier alpha value is -1.26. The Morgan fingerprint density at radius 3 is 2.43 bits per heavy atom. The number of guanidine groups is 1. The summed E-state index contributed by atoms with van der Waals surface area (Å²) in [6, 6.07) is 0.206. The molecule has 2 fully saturated rings. The topological polar surface area (TPSA) is 86.3 Å². The zero-order valence-corrected chi connectivity index (χ0v) is 21.5. The molecule has 1 aliphatic carbocycles. The number of nitrogens with one attached hydrogen (secondary N) is 2. The highest BCUT2D eigenvalue weighted by Crippen LogP contribution is 2.26. The second-order valence-electron chi connectivity index (χ2n) is 9.15. The summed E-state index contributed by atoms with van der Waals surface area (Å²) in [6.07, 6.45) is 6.30. The smallest absolute Gasteiger partial charge is 0.410 e. The van der Waals surface area contributed by atoms with Crippen LogP contribution >= 0.6 is 24.0 Å². The van der Waals surface area contributed by atoms with Gasteiger partial charge in [0.15, 0.2) is 5.96 Å². The maximum atomic E-state index is 12.7. The highest BCUT2D eigenvalue weighted by molar-refractivity contribution is 14.0. The van der Waals surface area contributed by atoms with Crippen molar-refractivity contribution < 1.29 is 14.3 Å². The Balaban J connectivity index is 0.00000450. The van der Waals surface area contributed by atoms with E-state index in [1.807, 2.05) is 25.7 Å². The molecule has 1 aliphatic heterocycles. The molecule has 1 saturated carbocycles. The predicted molar refractivity (Wildman–Crippen MR) is 130 cm³/mol. The van der Waals surface area contributed by atoms with E-state index in [1.54, 1.807) is 19.0 Å². The molecule has 0 aromatic carbocycles. The van der Waals surface area contributed by atoms with E-state index >= 15 is 0 Å². The van der Waals surface area contributed by atoms with Crippen LogP contribution in [0, 0.1) is 5.92 Å². The van der Waals surface area contributed by atoms with Crippen molar-refractivity contribution in [3.63, 3.8) is 0 Å². The largest absolute Gasteiger partial charge is 0.444 e. The number of hydrogen-bond donors (Lipinski definition) is 2. The molecule has 1 unspecified atom stereocenters. The van der Waals surface area contributed by atoms with Gasteiger partial charge in [-0.25, -0.2) is 4.79 Å². The molecule has 2 rings (SSSR count). The van der Waals surface area contributed by atoms with Gasteiger partial charge < -0.3 is 25.2 Å². The minimum atomic E-state index is -0.500. The molecule has 174 valence electrons. The number of ether oxygens (including phenoxy) is 1. The molecular weight excluding hydrogens is 497 g/mol. The number of hydrogen-bond acceptors (Lipinski definition) is 4. The van der Waals surface area contributed by atoms with Gasteiger partial charge in [0, 0.05) is 52.2 Å². The summed E-state index contributed by atoms with van der Waals surface area (Å²) in [5, 5.41) is 6.64. The maximum Gasteiger partial charge on any atom is 0.410 e. The van der Waals surface area contributed by atoms with E-state index in [0.29, 0.717) is 25.0 Å². The van der Waals surface area contributed by atoms with Crippen molar-refractivity contribution in [1.82, 2.24) is 20.4 Å². The van der Waals surface area contributed by atoms with Crippen LogP contribution in [0.4, 0.5) is 4.79 Å². The van der Waals surface area contributed by atoms with Crippen molar-refractivity contribution in [3.05, 3.63) is 0 Å². The average Bonchev–Trinajstić information content (AvgIpc) is 3.14. The maximum absolute atomic E-state index is 12.7. The number of aliphatic imine (C=N–C) groups is 1. The van der Waals surface area contributed by atoms with Crippen molar-refractivity contribution in [2.24, 2.45) is 10.9 Å². The molecule has 0 radical (unpaired) electrons. The molecule has 2 amide bonds. The van der Waals surface area contributed by atoms with E-state index < -0.39 is 5.60 Å². The van der Waals surface area contributed by atoms with Crippen molar-refractivity contribution in [2.75, 3.05) is 40.3 Å². The van der Waals surface area contributed by atoms with Crippen molar-refractivity contribution in [3.8, 4) is 0 Å². The van der Waals surface area contributed by atoms with Gasteiger partial charge in [-0.1, -0.05) is 19.3 Å². The first kappa shape index (κ1) is 26.8. The van der Waals surface area contributed by atoms with Gasteiger partial charge in [-0.3, -0.25) is 9.79 Å². The summed E-state index contributed by atoms with van der Waals surface area (Å²) in [6.45, 7) is 8.17. The fraction of sp³-hybridized carbons (Fsp3) is 0.857. The normalized spacial score (nSPS) is 20.4. The molecule has 8 nitrogen and oxygen atoms in total. The second kappa shape index (κ2) is 12.6. The molecule has 0 aromatic rings.